The van der Waals surface area contributed by atoms with Crippen LogP contribution in [0.1, 0.15) is 393 Å². The van der Waals surface area contributed by atoms with E-state index in [1.165, 1.54) is 295 Å². The first-order valence-corrected chi connectivity index (χ1v) is 34.8. The standard InChI is InChI=1S/C71H134O6/c1-4-7-10-13-16-18-20-22-24-26-28-30-32-34-35-37-38-40-42-44-46-48-50-52-55-58-61-64-70(73)76-67-68(66-75-69(72)63-60-57-54-15-12-9-6-3)77-71(74)65-62-59-56-53-51-49-47-45-43-41-39-36-33-31-29-27-25-23-21-19-17-14-11-8-5-2/h26-29,68H,4-25,30-67H2,1-3H3/b28-26-,29-27-. The summed E-state index contributed by atoms with van der Waals surface area (Å²) in [6.07, 6.45) is 81.0. The predicted octanol–water partition coefficient (Wildman–Crippen LogP) is 23.8. The molecule has 0 N–H and O–H groups in total. The fourth-order valence-corrected chi connectivity index (χ4v) is 10.7. The molecule has 0 aromatic rings. The van der Waals surface area contributed by atoms with E-state index in [4.69, 9.17) is 14.2 Å². The van der Waals surface area contributed by atoms with E-state index in [1.807, 2.05) is 0 Å². The van der Waals surface area contributed by atoms with Crippen LogP contribution in [-0.4, -0.2) is 37.2 Å². The third-order valence-corrected chi connectivity index (χ3v) is 15.9. The van der Waals surface area contributed by atoms with Crippen molar-refractivity contribution in [3.05, 3.63) is 24.3 Å². The third kappa shape index (κ3) is 64.6. The summed E-state index contributed by atoms with van der Waals surface area (Å²) < 4.78 is 16.9. The molecule has 454 valence electrons. The van der Waals surface area contributed by atoms with Crippen molar-refractivity contribution in [3.63, 3.8) is 0 Å². The van der Waals surface area contributed by atoms with Gasteiger partial charge in [-0.05, 0) is 70.6 Å². The normalized spacial score (nSPS) is 12.1. The van der Waals surface area contributed by atoms with Gasteiger partial charge in [-0.25, -0.2) is 0 Å². The molecule has 0 rings (SSSR count). The third-order valence-electron chi connectivity index (χ3n) is 15.9. The Morgan fingerprint density at radius 3 is 0.649 bits per heavy atom. The number of ether oxygens (including phenoxy) is 3. The van der Waals surface area contributed by atoms with Gasteiger partial charge in [-0.15, -0.1) is 0 Å². The monoisotopic (exact) mass is 1080 g/mol. The zero-order valence-electron chi connectivity index (χ0n) is 52.3. The molecule has 0 heterocycles. The average Bonchev–Trinajstić information content (AvgIpc) is 3.43. The van der Waals surface area contributed by atoms with E-state index in [9.17, 15) is 14.4 Å². The Labute approximate surface area is 481 Å². The van der Waals surface area contributed by atoms with E-state index in [1.54, 1.807) is 0 Å². The second kappa shape index (κ2) is 66.4. The number of carbonyl (C=O) groups is 3. The summed E-state index contributed by atoms with van der Waals surface area (Å²) in [4.78, 5) is 38.2. The first-order chi connectivity index (χ1) is 38.0. The predicted molar refractivity (Wildman–Crippen MR) is 335 cm³/mol. The number of hydrogen-bond acceptors (Lipinski definition) is 6. The smallest absolute Gasteiger partial charge is 0.306 e. The lowest BCUT2D eigenvalue weighted by Gasteiger charge is -2.18. The Kier molecular flexibility index (Phi) is 64.6. The molecule has 0 saturated heterocycles. The number of rotatable bonds is 65. The van der Waals surface area contributed by atoms with E-state index >= 15 is 0 Å². The molecule has 0 aliphatic heterocycles. The quantitative estimate of drug-likeness (QED) is 0.0261. The fraction of sp³-hybridized carbons (Fsp3) is 0.901. The highest BCUT2D eigenvalue weighted by atomic mass is 16.6. The van der Waals surface area contributed by atoms with Crippen LogP contribution >= 0.6 is 0 Å². The van der Waals surface area contributed by atoms with Gasteiger partial charge in [0.15, 0.2) is 6.10 Å². The zero-order chi connectivity index (χ0) is 55.7. The summed E-state index contributed by atoms with van der Waals surface area (Å²) in [5, 5.41) is 0. The lowest BCUT2D eigenvalue weighted by molar-refractivity contribution is -0.167. The van der Waals surface area contributed by atoms with Gasteiger partial charge in [0.1, 0.15) is 13.2 Å². The van der Waals surface area contributed by atoms with Crippen LogP contribution < -0.4 is 0 Å². The van der Waals surface area contributed by atoms with Crippen molar-refractivity contribution in [1.82, 2.24) is 0 Å². The minimum absolute atomic E-state index is 0.0658. The van der Waals surface area contributed by atoms with Gasteiger partial charge < -0.3 is 14.2 Å². The second-order valence-electron chi connectivity index (χ2n) is 23.8. The molecule has 0 saturated carbocycles. The van der Waals surface area contributed by atoms with Gasteiger partial charge in [0.25, 0.3) is 0 Å². The topological polar surface area (TPSA) is 78.9 Å². The van der Waals surface area contributed by atoms with Crippen molar-refractivity contribution in [3.8, 4) is 0 Å². The van der Waals surface area contributed by atoms with Crippen molar-refractivity contribution in [2.75, 3.05) is 13.2 Å². The molecule has 0 aromatic carbocycles. The van der Waals surface area contributed by atoms with E-state index in [0.717, 1.165) is 57.8 Å². The second-order valence-corrected chi connectivity index (χ2v) is 23.8. The number of hydrogen-bond donors (Lipinski definition) is 0. The van der Waals surface area contributed by atoms with Crippen LogP contribution in [0.5, 0.6) is 0 Å². The highest BCUT2D eigenvalue weighted by Crippen LogP contribution is 2.18. The van der Waals surface area contributed by atoms with Gasteiger partial charge in [-0.1, -0.05) is 328 Å². The highest BCUT2D eigenvalue weighted by molar-refractivity contribution is 5.71. The van der Waals surface area contributed by atoms with Gasteiger partial charge in [0, 0.05) is 19.3 Å². The van der Waals surface area contributed by atoms with E-state index in [-0.39, 0.29) is 31.1 Å². The molecule has 1 unspecified atom stereocenters. The summed E-state index contributed by atoms with van der Waals surface area (Å²) >= 11 is 0. The lowest BCUT2D eigenvalue weighted by atomic mass is 10.0. The molecule has 6 nitrogen and oxygen atoms in total. The molecular weight excluding hydrogens is 949 g/mol. The molecule has 0 fully saturated rings. The summed E-state index contributed by atoms with van der Waals surface area (Å²) in [5.41, 5.74) is 0. The minimum Gasteiger partial charge on any atom is -0.462 e. The first kappa shape index (κ1) is 74.9. The Hall–Kier alpha value is -2.11. The van der Waals surface area contributed by atoms with Crippen LogP contribution in [-0.2, 0) is 28.6 Å². The molecular formula is C71H134O6. The van der Waals surface area contributed by atoms with Crippen LogP contribution in [0.25, 0.3) is 0 Å². The molecule has 77 heavy (non-hydrogen) atoms. The van der Waals surface area contributed by atoms with Crippen LogP contribution in [0.2, 0.25) is 0 Å². The lowest BCUT2D eigenvalue weighted by Crippen LogP contribution is -2.30. The van der Waals surface area contributed by atoms with Gasteiger partial charge in [-0.2, -0.15) is 0 Å². The molecule has 0 radical (unpaired) electrons. The maximum Gasteiger partial charge on any atom is 0.306 e. The summed E-state index contributed by atoms with van der Waals surface area (Å²) in [6.45, 7) is 6.67. The maximum atomic E-state index is 12.9. The molecule has 0 aromatic heterocycles. The summed E-state index contributed by atoms with van der Waals surface area (Å²) in [6, 6.07) is 0. The fourth-order valence-electron chi connectivity index (χ4n) is 10.7. The van der Waals surface area contributed by atoms with Crippen LogP contribution in [0.15, 0.2) is 24.3 Å². The number of esters is 3. The van der Waals surface area contributed by atoms with Crippen LogP contribution in [0.3, 0.4) is 0 Å². The van der Waals surface area contributed by atoms with Crippen molar-refractivity contribution in [1.29, 1.82) is 0 Å². The van der Waals surface area contributed by atoms with E-state index in [0.29, 0.717) is 19.3 Å². The largest absolute Gasteiger partial charge is 0.462 e. The number of allylic oxidation sites excluding steroid dienone is 4. The molecule has 0 spiro atoms. The van der Waals surface area contributed by atoms with E-state index in [2.05, 4.69) is 45.1 Å². The Morgan fingerprint density at radius 1 is 0.247 bits per heavy atom. The molecule has 0 bridgehead atoms. The molecule has 0 aliphatic carbocycles. The van der Waals surface area contributed by atoms with Gasteiger partial charge in [0.05, 0.1) is 0 Å². The van der Waals surface area contributed by atoms with Crippen molar-refractivity contribution in [2.45, 2.75) is 399 Å². The highest BCUT2D eigenvalue weighted by Gasteiger charge is 2.19. The molecule has 0 aliphatic rings. The van der Waals surface area contributed by atoms with Gasteiger partial charge in [-0.3, -0.25) is 14.4 Å². The van der Waals surface area contributed by atoms with E-state index < -0.39 is 6.10 Å². The van der Waals surface area contributed by atoms with Crippen molar-refractivity contribution >= 4 is 17.9 Å². The average molecular weight is 1080 g/mol. The Balaban J connectivity index is 4.03. The summed E-state index contributed by atoms with van der Waals surface area (Å²) in [7, 11) is 0. The van der Waals surface area contributed by atoms with Gasteiger partial charge >= 0.3 is 17.9 Å². The first-order valence-electron chi connectivity index (χ1n) is 34.8. The number of unbranched alkanes of at least 4 members (excludes halogenated alkanes) is 50. The Morgan fingerprint density at radius 2 is 0.429 bits per heavy atom. The van der Waals surface area contributed by atoms with Crippen LogP contribution in [0, 0.1) is 0 Å². The zero-order valence-corrected chi connectivity index (χ0v) is 52.3. The minimum atomic E-state index is -0.766. The number of carbonyl (C=O) groups excluding carboxylic acids is 3. The van der Waals surface area contributed by atoms with Crippen molar-refractivity contribution in [2.24, 2.45) is 0 Å². The molecule has 1 atom stereocenters. The Bertz CT molecular complexity index is 1240. The maximum absolute atomic E-state index is 12.9. The molecule has 6 heteroatoms. The SMILES string of the molecule is CCCCCCCCCC/C=C\CCCCCCCCCCCCCCCCCC(=O)OCC(COC(=O)CCCCCCCCC)OC(=O)CCCCCCCCCCCCCCC/C=C\CCCCCCCCCC. The van der Waals surface area contributed by atoms with Crippen LogP contribution in [0.4, 0.5) is 0 Å². The van der Waals surface area contributed by atoms with Gasteiger partial charge in [0.2, 0.25) is 0 Å². The molecule has 0 amide bonds. The van der Waals surface area contributed by atoms with Crippen molar-refractivity contribution < 1.29 is 28.6 Å². The summed E-state index contributed by atoms with van der Waals surface area (Å²) in [5.74, 6) is -0.845.